The molecule has 0 aromatic heterocycles. The van der Waals surface area contributed by atoms with Crippen LogP contribution in [0.2, 0.25) is 0 Å². The van der Waals surface area contributed by atoms with Crippen molar-refractivity contribution in [1.82, 2.24) is 5.32 Å². The molecule has 1 aromatic carbocycles. The molecule has 2 fully saturated rings. The maximum absolute atomic E-state index is 10.7. The van der Waals surface area contributed by atoms with Crippen LogP contribution in [0.1, 0.15) is 31.2 Å². The molecule has 2 bridgehead atoms. The Labute approximate surface area is 111 Å². The topological polar surface area (TPSA) is 32.3 Å². The van der Waals surface area contributed by atoms with Crippen LogP contribution in [0, 0.1) is 0 Å². The molecular weight excluding hydrogens is 278 g/mol. The summed E-state index contributed by atoms with van der Waals surface area (Å²) in [5.41, 5.74) is 0.723. The molecule has 1 aromatic rings. The summed E-state index contributed by atoms with van der Waals surface area (Å²) < 4.78 is 1.09. The molecule has 2 N–H and O–H groups in total. The maximum Gasteiger partial charge on any atom is 0.0717 e. The first-order valence-corrected chi connectivity index (χ1v) is 7.15. The van der Waals surface area contributed by atoms with Crippen molar-refractivity contribution in [2.75, 3.05) is 0 Å². The molecule has 0 radical (unpaired) electrons. The highest BCUT2D eigenvalue weighted by molar-refractivity contribution is 9.10. The molecule has 92 valence electrons. The van der Waals surface area contributed by atoms with E-state index in [9.17, 15) is 5.11 Å². The largest absolute Gasteiger partial charge is 0.389 e. The van der Waals surface area contributed by atoms with E-state index < -0.39 is 5.60 Å². The van der Waals surface area contributed by atoms with Gasteiger partial charge in [0, 0.05) is 23.0 Å². The minimum absolute atomic E-state index is 0.502. The number of rotatable bonds is 2. The Morgan fingerprint density at radius 3 is 2.65 bits per heavy atom. The van der Waals surface area contributed by atoms with Gasteiger partial charge in [-0.1, -0.05) is 28.1 Å². The van der Waals surface area contributed by atoms with Gasteiger partial charge in [0.05, 0.1) is 5.60 Å². The molecule has 0 amide bonds. The number of benzene rings is 1. The van der Waals surface area contributed by atoms with Crippen molar-refractivity contribution in [3.63, 3.8) is 0 Å². The fourth-order valence-corrected chi connectivity index (χ4v) is 3.84. The molecule has 3 heteroatoms. The van der Waals surface area contributed by atoms with Crippen LogP contribution < -0.4 is 5.32 Å². The van der Waals surface area contributed by atoms with Crippen LogP contribution in [0.4, 0.5) is 0 Å². The Bertz CT molecular complexity index is 408. The molecule has 2 aliphatic rings. The normalized spacial score (nSPS) is 36.1. The van der Waals surface area contributed by atoms with Gasteiger partial charge in [-0.25, -0.2) is 0 Å². The first-order chi connectivity index (χ1) is 8.13. The smallest absolute Gasteiger partial charge is 0.0717 e. The molecule has 2 nitrogen and oxygen atoms in total. The molecule has 2 heterocycles. The summed E-state index contributed by atoms with van der Waals surface area (Å²) in [7, 11) is 0. The third-order valence-electron chi connectivity index (χ3n) is 4.01. The highest BCUT2D eigenvalue weighted by atomic mass is 79.9. The van der Waals surface area contributed by atoms with Crippen molar-refractivity contribution in [3.8, 4) is 0 Å². The second-order valence-corrected chi connectivity index (χ2v) is 6.49. The van der Waals surface area contributed by atoms with E-state index in [4.69, 9.17) is 0 Å². The average molecular weight is 296 g/mol. The van der Waals surface area contributed by atoms with Gasteiger partial charge in [0.2, 0.25) is 0 Å². The molecule has 2 atom stereocenters. The van der Waals surface area contributed by atoms with E-state index in [2.05, 4.69) is 33.4 Å². The zero-order chi connectivity index (χ0) is 11.9. The van der Waals surface area contributed by atoms with Gasteiger partial charge in [0.1, 0.15) is 0 Å². The van der Waals surface area contributed by atoms with E-state index in [1.54, 1.807) is 0 Å². The van der Waals surface area contributed by atoms with Crippen LogP contribution >= 0.6 is 15.9 Å². The third kappa shape index (κ3) is 2.56. The van der Waals surface area contributed by atoms with Gasteiger partial charge in [0.15, 0.2) is 0 Å². The van der Waals surface area contributed by atoms with E-state index in [-0.39, 0.29) is 0 Å². The number of hydrogen-bond acceptors (Lipinski definition) is 2. The molecule has 0 spiro atoms. The van der Waals surface area contributed by atoms with Crippen molar-refractivity contribution in [2.45, 2.75) is 49.8 Å². The van der Waals surface area contributed by atoms with E-state index in [0.29, 0.717) is 12.1 Å². The van der Waals surface area contributed by atoms with Crippen LogP contribution in [0.5, 0.6) is 0 Å². The number of fused-ring (bicyclic) bond motifs is 2. The van der Waals surface area contributed by atoms with Gasteiger partial charge in [-0.15, -0.1) is 0 Å². The lowest BCUT2D eigenvalue weighted by Crippen LogP contribution is -2.49. The second-order valence-electron chi connectivity index (χ2n) is 5.58. The lowest BCUT2D eigenvalue weighted by atomic mass is 9.82. The number of hydrogen-bond donors (Lipinski definition) is 2. The highest BCUT2D eigenvalue weighted by Gasteiger charge is 2.42. The minimum atomic E-state index is -0.502. The zero-order valence-corrected chi connectivity index (χ0v) is 11.4. The number of nitrogens with one attached hydrogen (secondary N) is 1. The summed E-state index contributed by atoms with van der Waals surface area (Å²) in [5.74, 6) is 0. The lowest BCUT2D eigenvalue weighted by molar-refractivity contribution is -0.00609. The van der Waals surface area contributed by atoms with Crippen molar-refractivity contribution >= 4 is 15.9 Å². The van der Waals surface area contributed by atoms with E-state index >= 15 is 0 Å². The summed E-state index contributed by atoms with van der Waals surface area (Å²) in [6, 6.07) is 9.35. The van der Waals surface area contributed by atoms with Crippen LogP contribution in [0.3, 0.4) is 0 Å². The summed E-state index contributed by atoms with van der Waals surface area (Å²) in [4.78, 5) is 0. The zero-order valence-electron chi connectivity index (χ0n) is 9.82. The maximum atomic E-state index is 10.7. The molecule has 2 aliphatic heterocycles. The van der Waals surface area contributed by atoms with Crippen LogP contribution in [-0.2, 0) is 6.42 Å². The monoisotopic (exact) mass is 295 g/mol. The van der Waals surface area contributed by atoms with Crippen LogP contribution in [-0.4, -0.2) is 22.8 Å². The summed E-state index contributed by atoms with van der Waals surface area (Å²) >= 11 is 3.49. The second kappa shape index (κ2) is 4.38. The Morgan fingerprint density at radius 2 is 2.00 bits per heavy atom. The van der Waals surface area contributed by atoms with E-state index in [1.165, 1.54) is 18.4 Å². The van der Waals surface area contributed by atoms with Gasteiger partial charge in [-0.2, -0.15) is 0 Å². The third-order valence-corrected chi connectivity index (χ3v) is 4.50. The molecule has 2 saturated heterocycles. The van der Waals surface area contributed by atoms with Crippen molar-refractivity contribution in [3.05, 3.63) is 34.3 Å². The predicted octanol–water partition coefficient (Wildman–Crippen LogP) is 2.64. The van der Waals surface area contributed by atoms with Crippen molar-refractivity contribution in [1.29, 1.82) is 0 Å². The molecule has 0 saturated carbocycles. The molecule has 3 rings (SSSR count). The quantitative estimate of drug-likeness (QED) is 0.879. The van der Waals surface area contributed by atoms with Gasteiger partial charge in [0.25, 0.3) is 0 Å². The Balaban J connectivity index is 1.76. The lowest BCUT2D eigenvalue weighted by Gasteiger charge is -2.37. The summed E-state index contributed by atoms with van der Waals surface area (Å²) in [6.45, 7) is 0. The first-order valence-electron chi connectivity index (χ1n) is 6.36. The van der Waals surface area contributed by atoms with Crippen LogP contribution in [0.15, 0.2) is 28.7 Å². The number of halogens is 1. The fraction of sp³-hybridized carbons (Fsp3) is 0.571. The van der Waals surface area contributed by atoms with Crippen LogP contribution in [0.25, 0.3) is 0 Å². The number of piperidine rings is 1. The molecule has 2 unspecified atom stereocenters. The van der Waals surface area contributed by atoms with Gasteiger partial charge >= 0.3 is 0 Å². The first kappa shape index (κ1) is 11.7. The molecule has 0 aliphatic carbocycles. The standard InChI is InChI=1S/C14H18BrNO/c15-11-3-1-2-10(6-11)7-14(17)8-12-4-5-13(9-14)16-12/h1-3,6,12-13,16-17H,4-5,7-9H2. The number of aliphatic hydroxyl groups is 1. The Morgan fingerprint density at radius 1 is 1.29 bits per heavy atom. The molecule has 17 heavy (non-hydrogen) atoms. The van der Waals surface area contributed by atoms with Gasteiger partial charge in [-0.05, 0) is 43.4 Å². The summed E-state index contributed by atoms with van der Waals surface area (Å²) in [6.07, 6.45) is 5.03. The fourth-order valence-electron chi connectivity index (χ4n) is 3.40. The molecular formula is C14H18BrNO. The SMILES string of the molecule is OC1(Cc2cccc(Br)c2)CC2CCC(C1)N2. The van der Waals surface area contributed by atoms with E-state index in [0.717, 1.165) is 23.7 Å². The highest BCUT2D eigenvalue weighted by Crippen LogP contribution is 2.36. The predicted molar refractivity (Wildman–Crippen MR) is 72.0 cm³/mol. The Kier molecular flexibility index (Phi) is 3.01. The van der Waals surface area contributed by atoms with Gasteiger partial charge in [-0.3, -0.25) is 0 Å². The minimum Gasteiger partial charge on any atom is -0.389 e. The average Bonchev–Trinajstić information content (AvgIpc) is 2.58. The van der Waals surface area contributed by atoms with Gasteiger partial charge < -0.3 is 10.4 Å². The Hall–Kier alpha value is -0.380. The van der Waals surface area contributed by atoms with Crippen molar-refractivity contribution in [2.24, 2.45) is 0 Å². The summed E-state index contributed by atoms with van der Waals surface area (Å²) in [5, 5.41) is 14.3. The van der Waals surface area contributed by atoms with E-state index in [1.807, 2.05) is 12.1 Å². The van der Waals surface area contributed by atoms with Crippen molar-refractivity contribution < 1.29 is 5.11 Å².